The van der Waals surface area contributed by atoms with E-state index in [4.69, 9.17) is 23.7 Å². The summed E-state index contributed by atoms with van der Waals surface area (Å²) in [6.45, 7) is 0.666. The molecule has 0 spiro atoms. The maximum absolute atomic E-state index is 14.2. The number of rotatable bonds is 13. The molecule has 1 aliphatic rings. The molecule has 4 aromatic carbocycles. The molecule has 1 heterocycles. The lowest BCUT2D eigenvalue weighted by Crippen LogP contribution is -2.50. The summed E-state index contributed by atoms with van der Waals surface area (Å²) in [5.74, 6) is 2.66. The second-order valence-corrected chi connectivity index (χ2v) is 10.3. The Morgan fingerprint density at radius 2 is 1.45 bits per heavy atom. The van der Waals surface area contributed by atoms with E-state index in [1.807, 2.05) is 78.9 Å². The normalized spacial score (nSPS) is 12.2. The third-order valence-electron chi connectivity index (χ3n) is 7.49. The fraction of sp³-hybridized carbons (Fsp3) is 0.257. The molecule has 0 aromatic heterocycles. The molecule has 2 amide bonds. The summed E-state index contributed by atoms with van der Waals surface area (Å²) < 4.78 is 27.1. The molecule has 44 heavy (non-hydrogen) atoms. The van der Waals surface area contributed by atoms with Crippen LogP contribution >= 0.6 is 0 Å². The van der Waals surface area contributed by atoms with Crippen LogP contribution in [0.15, 0.2) is 91.0 Å². The molecule has 0 saturated heterocycles. The van der Waals surface area contributed by atoms with Crippen LogP contribution in [0.5, 0.6) is 28.7 Å². The van der Waals surface area contributed by atoms with Gasteiger partial charge >= 0.3 is 0 Å². The minimum absolute atomic E-state index is 0.0667. The molecule has 0 fully saturated rings. The van der Waals surface area contributed by atoms with Gasteiger partial charge in [0.1, 0.15) is 11.8 Å². The number of ether oxygens (including phenoxy) is 5. The number of nitrogens with one attached hydrogen (secondary N) is 1. The summed E-state index contributed by atoms with van der Waals surface area (Å²) >= 11 is 0. The van der Waals surface area contributed by atoms with Gasteiger partial charge < -0.3 is 33.9 Å². The van der Waals surface area contributed by atoms with Crippen molar-refractivity contribution in [3.05, 3.63) is 113 Å². The van der Waals surface area contributed by atoms with Crippen molar-refractivity contribution in [3.63, 3.8) is 0 Å². The van der Waals surface area contributed by atoms with Gasteiger partial charge in [0.05, 0.1) is 27.8 Å². The Labute approximate surface area is 257 Å². The predicted octanol–water partition coefficient (Wildman–Crippen LogP) is 4.94. The Morgan fingerprint density at radius 1 is 0.750 bits per heavy atom. The lowest BCUT2D eigenvalue weighted by Gasteiger charge is -2.32. The summed E-state index contributed by atoms with van der Waals surface area (Å²) in [6.07, 6.45) is 0.402. The van der Waals surface area contributed by atoms with Gasteiger partial charge in [-0.3, -0.25) is 9.59 Å². The van der Waals surface area contributed by atoms with Crippen LogP contribution in [0.25, 0.3) is 0 Å². The lowest BCUT2D eigenvalue weighted by atomic mass is 10.0. The largest absolute Gasteiger partial charge is 0.497 e. The standard InChI is InChI=1S/C35H36N2O7/c1-40-28-13-9-25(10-14-28)22-37(34(38)20-26-11-15-30(41-2)32(18-26)42-3)29(17-24-7-5-4-6-8-24)35(39)36-21-27-12-16-31-33(19-27)44-23-43-31/h4-16,18-19,29H,17,20-23H2,1-3H3,(H,36,39)/t29-/m0/s1. The molecule has 228 valence electrons. The summed E-state index contributed by atoms with van der Waals surface area (Å²) in [4.78, 5) is 29.8. The zero-order chi connectivity index (χ0) is 30.9. The number of carbonyl (C=O) groups excluding carboxylic acids is 2. The highest BCUT2D eigenvalue weighted by Crippen LogP contribution is 2.32. The van der Waals surface area contributed by atoms with E-state index >= 15 is 0 Å². The number of hydrogen-bond donors (Lipinski definition) is 1. The van der Waals surface area contributed by atoms with Gasteiger partial charge in [0.25, 0.3) is 0 Å². The number of amides is 2. The van der Waals surface area contributed by atoms with E-state index in [-0.39, 0.29) is 38.1 Å². The quantitative estimate of drug-likeness (QED) is 0.234. The molecule has 5 rings (SSSR count). The van der Waals surface area contributed by atoms with E-state index in [1.165, 1.54) is 0 Å². The maximum atomic E-state index is 14.2. The van der Waals surface area contributed by atoms with Crippen LogP contribution in [-0.4, -0.2) is 50.9 Å². The third kappa shape index (κ3) is 7.42. The molecule has 4 aromatic rings. The fourth-order valence-corrected chi connectivity index (χ4v) is 5.11. The number of carbonyl (C=O) groups is 2. The fourth-order valence-electron chi connectivity index (χ4n) is 5.11. The first-order chi connectivity index (χ1) is 21.5. The van der Waals surface area contributed by atoms with E-state index in [0.717, 1.165) is 22.3 Å². The van der Waals surface area contributed by atoms with E-state index in [2.05, 4.69) is 5.32 Å². The van der Waals surface area contributed by atoms with Crippen molar-refractivity contribution in [1.82, 2.24) is 10.2 Å². The highest BCUT2D eigenvalue weighted by molar-refractivity contribution is 5.89. The van der Waals surface area contributed by atoms with Crippen molar-refractivity contribution in [3.8, 4) is 28.7 Å². The Morgan fingerprint density at radius 3 is 2.18 bits per heavy atom. The average molecular weight is 597 g/mol. The molecule has 1 atom stereocenters. The molecule has 0 unspecified atom stereocenters. The van der Waals surface area contributed by atoms with Gasteiger partial charge in [0.15, 0.2) is 23.0 Å². The summed E-state index contributed by atoms with van der Waals surface area (Å²) in [7, 11) is 4.73. The first-order valence-electron chi connectivity index (χ1n) is 14.3. The summed E-state index contributed by atoms with van der Waals surface area (Å²) in [6, 6.07) is 27.4. The van der Waals surface area contributed by atoms with Crippen molar-refractivity contribution < 1.29 is 33.3 Å². The Balaban J connectivity index is 1.44. The van der Waals surface area contributed by atoms with Crippen LogP contribution in [-0.2, 0) is 35.5 Å². The van der Waals surface area contributed by atoms with Crippen molar-refractivity contribution in [2.75, 3.05) is 28.1 Å². The predicted molar refractivity (Wildman–Crippen MR) is 165 cm³/mol. The van der Waals surface area contributed by atoms with Crippen LogP contribution in [0.1, 0.15) is 22.3 Å². The van der Waals surface area contributed by atoms with E-state index in [0.29, 0.717) is 35.2 Å². The molecular formula is C35H36N2O7. The minimum atomic E-state index is -0.791. The highest BCUT2D eigenvalue weighted by Gasteiger charge is 2.31. The van der Waals surface area contributed by atoms with Crippen LogP contribution in [0.4, 0.5) is 0 Å². The summed E-state index contributed by atoms with van der Waals surface area (Å²) in [5, 5.41) is 3.06. The molecule has 0 bridgehead atoms. The van der Waals surface area contributed by atoms with E-state index in [1.54, 1.807) is 38.4 Å². The van der Waals surface area contributed by atoms with Gasteiger partial charge in [-0.2, -0.15) is 0 Å². The van der Waals surface area contributed by atoms with Gasteiger partial charge in [0.2, 0.25) is 18.6 Å². The second-order valence-electron chi connectivity index (χ2n) is 10.3. The van der Waals surface area contributed by atoms with E-state index in [9.17, 15) is 9.59 Å². The number of methoxy groups -OCH3 is 3. The molecule has 0 saturated carbocycles. The van der Waals surface area contributed by atoms with Crippen molar-refractivity contribution in [2.24, 2.45) is 0 Å². The van der Waals surface area contributed by atoms with Gasteiger partial charge in [-0.1, -0.05) is 54.6 Å². The zero-order valence-corrected chi connectivity index (χ0v) is 25.1. The van der Waals surface area contributed by atoms with Gasteiger partial charge in [-0.25, -0.2) is 0 Å². The first-order valence-corrected chi connectivity index (χ1v) is 14.3. The number of fused-ring (bicyclic) bond motifs is 1. The van der Waals surface area contributed by atoms with Crippen LogP contribution in [0.2, 0.25) is 0 Å². The molecule has 1 N–H and O–H groups in total. The smallest absolute Gasteiger partial charge is 0.243 e. The molecule has 9 nitrogen and oxygen atoms in total. The maximum Gasteiger partial charge on any atom is 0.243 e. The Bertz CT molecular complexity index is 1570. The monoisotopic (exact) mass is 596 g/mol. The van der Waals surface area contributed by atoms with E-state index < -0.39 is 6.04 Å². The molecule has 1 aliphatic heterocycles. The van der Waals surface area contributed by atoms with Crippen LogP contribution < -0.4 is 29.0 Å². The van der Waals surface area contributed by atoms with Gasteiger partial charge in [0, 0.05) is 19.5 Å². The third-order valence-corrected chi connectivity index (χ3v) is 7.49. The zero-order valence-electron chi connectivity index (χ0n) is 25.1. The van der Waals surface area contributed by atoms with Crippen molar-refractivity contribution in [1.29, 1.82) is 0 Å². The Hall–Kier alpha value is -5.18. The first kappa shape index (κ1) is 30.3. The second kappa shape index (κ2) is 14.3. The molecule has 0 radical (unpaired) electrons. The average Bonchev–Trinajstić information content (AvgIpc) is 3.54. The SMILES string of the molecule is COc1ccc(CN(C(=O)Cc2ccc(OC)c(OC)c2)[C@@H](Cc2ccccc2)C(=O)NCc2ccc3c(c2)OCO3)cc1. The Kier molecular flexibility index (Phi) is 9.86. The highest BCUT2D eigenvalue weighted by atomic mass is 16.7. The van der Waals surface area contributed by atoms with Crippen LogP contribution in [0, 0.1) is 0 Å². The minimum Gasteiger partial charge on any atom is -0.497 e. The summed E-state index contributed by atoms with van der Waals surface area (Å²) in [5.41, 5.74) is 3.41. The topological polar surface area (TPSA) is 95.6 Å². The number of benzene rings is 4. The number of nitrogens with zero attached hydrogens (tertiary/aromatic N) is 1. The van der Waals surface area contributed by atoms with Crippen molar-refractivity contribution in [2.45, 2.75) is 32.0 Å². The lowest BCUT2D eigenvalue weighted by molar-refractivity contribution is -0.140. The van der Waals surface area contributed by atoms with Crippen molar-refractivity contribution >= 4 is 11.8 Å². The molecular weight excluding hydrogens is 560 g/mol. The van der Waals surface area contributed by atoms with Gasteiger partial charge in [-0.15, -0.1) is 0 Å². The van der Waals surface area contributed by atoms with Crippen LogP contribution in [0.3, 0.4) is 0 Å². The van der Waals surface area contributed by atoms with Gasteiger partial charge in [-0.05, 0) is 58.7 Å². The molecule has 0 aliphatic carbocycles. The number of hydrogen-bond acceptors (Lipinski definition) is 7. The molecule has 9 heteroatoms.